The Morgan fingerprint density at radius 1 is 1.53 bits per heavy atom. The molecule has 2 rings (SSSR count). The maximum absolute atomic E-state index is 10.7. The van der Waals surface area contributed by atoms with E-state index in [2.05, 4.69) is 4.98 Å². The van der Waals surface area contributed by atoms with Gasteiger partial charge in [-0.3, -0.25) is 0 Å². The normalized spacial score (nSPS) is 10.2. The van der Waals surface area contributed by atoms with Gasteiger partial charge in [0.25, 0.3) is 0 Å². The highest BCUT2D eigenvalue weighted by atomic mass is 35.5. The van der Waals surface area contributed by atoms with Crippen molar-refractivity contribution in [3.05, 3.63) is 47.1 Å². The molecule has 1 aromatic carbocycles. The lowest BCUT2D eigenvalue weighted by Crippen LogP contribution is -2.04. The van der Waals surface area contributed by atoms with Gasteiger partial charge in [-0.2, -0.15) is 0 Å². The van der Waals surface area contributed by atoms with Gasteiger partial charge in [0.15, 0.2) is 17.8 Å². The van der Waals surface area contributed by atoms with Crippen LogP contribution >= 0.6 is 11.6 Å². The van der Waals surface area contributed by atoms with Crippen molar-refractivity contribution in [2.45, 2.75) is 6.61 Å². The van der Waals surface area contributed by atoms with E-state index in [1.165, 1.54) is 0 Å². The zero-order valence-corrected chi connectivity index (χ0v) is 9.35. The highest BCUT2D eigenvalue weighted by Crippen LogP contribution is 2.19. The van der Waals surface area contributed by atoms with E-state index in [1.54, 1.807) is 24.3 Å². The Kier molecular flexibility index (Phi) is 3.30. The molecule has 0 atom stereocenters. The number of nitrogens with zero attached hydrogens (tertiary/aromatic N) is 1. The summed E-state index contributed by atoms with van der Waals surface area (Å²) in [6, 6.07) is 6.78. The number of hydrogen-bond donors (Lipinski definition) is 1. The Balaban J connectivity index is 2.07. The molecule has 0 saturated carbocycles. The molecule has 88 valence electrons. The fourth-order valence-electron chi connectivity index (χ4n) is 1.25. The van der Waals surface area contributed by atoms with Crippen LogP contribution in [0.25, 0.3) is 0 Å². The molecule has 6 heteroatoms. The summed E-state index contributed by atoms with van der Waals surface area (Å²) in [4.78, 5) is 14.3. The van der Waals surface area contributed by atoms with Gasteiger partial charge < -0.3 is 14.3 Å². The van der Waals surface area contributed by atoms with E-state index in [1.807, 2.05) is 0 Å². The van der Waals surface area contributed by atoms with E-state index in [0.717, 1.165) is 6.39 Å². The standard InChI is InChI=1S/C11H8ClNO4/c12-7-2-1-3-8(4-7)16-5-9-10(11(14)15)13-6-17-9/h1-4,6H,5H2,(H,14,15). The number of carbonyl (C=O) groups is 1. The molecular weight excluding hydrogens is 246 g/mol. The van der Waals surface area contributed by atoms with Crippen molar-refractivity contribution in [1.82, 2.24) is 4.98 Å². The van der Waals surface area contributed by atoms with E-state index < -0.39 is 5.97 Å². The zero-order chi connectivity index (χ0) is 12.3. The van der Waals surface area contributed by atoms with Crippen molar-refractivity contribution in [2.75, 3.05) is 0 Å². The van der Waals surface area contributed by atoms with Crippen molar-refractivity contribution < 1.29 is 19.1 Å². The molecule has 0 radical (unpaired) electrons. The van der Waals surface area contributed by atoms with Gasteiger partial charge in [0.2, 0.25) is 0 Å². The van der Waals surface area contributed by atoms with Gasteiger partial charge in [-0.25, -0.2) is 9.78 Å². The van der Waals surface area contributed by atoms with E-state index in [-0.39, 0.29) is 18.1 Å². The first-order chi connectivity index (χ1) is 8.16. The van der Waals surface area contributed by atoms with Gasteiger partial charge in [-0.05, 0) is 18.2 Å². The Hall–Kier alpha value is -2.01. The summed E-state index contributed by atoms with van der Waals surface area (Å²) in [5.74, 6) is -0.453. The smallest absolute Gasteiger partial charge is 0.358 e. The molecule has 2 aromatic rings. The number of hydrogen-bond acceptors (Lipinski definition) is 4. The number of carboxylic acid groups (broad SMARTS) is 1. The van der Waals surface area contributed by atoms with Crippen LogP contribution in [0, 0.1) is 0 Å². The molecular formula is C11H8ClNO4. The number of carboxylic acids is 1. The first kappa shape index (κ1) is 11.5. The number of benzene rings is 1. The van der Waals surface area contributed by atoms with Crippen molar-refractivity contribution in [2.24, 2.45) is 0 Å². The van der Waals surface area contributed by atoms with Crippen LogP contribution in [0.15, 0.2) is 35.1 Å². The van der Waals surface area contributed by atoms with Gasteiger partial charge >= 0.3 is 5.97 Å². The Labute approximate surface area is 102 Å². The largest absolute Gasteiger partial charge is 0.486 e. The topological polar surface area (TPSA) is 72.6 Å². The maximum atomic E-state index is 10.7. The number of halogens is 1. The predicted octanol–water partition coefficient (Wildman–Crippen LogP) is 2.61. The maximum Gasteiger partial charge on any atom is 0.358 e. The number of aromatic carboxylic acids is 1. The lowest BCUT2D eigenvalue weighted by Gasteiger charge is -2.04. The highest BCUT2D eigenvalue weighted by molar-refractivity contribution is 6.30. The average molecular weight is 254 g/mol. The SMILES string of the molecule is O=C(O)c1ncoc1COc1cccc(Cl)c1. The Morgan fingerprint density at radius 3 is 3.06 bits per heavy atom. The van der Waals surface area contributed by atoms with E-state index in [0.29, 0.717) is 10.8 Å². The Morgan fingerprint density at radius 2 is 2.35 bits per heavy atom. The number of ether oxygens (including phenoxy) is 1. The molecule has 5 nitrogen and oxygen atoms in total. The monoisotopic (exact) mass is 253 g/mol. The first-order valence-corrected chi connectivity index (χ1v) is 5.08. The fraction of sp³-hybridized carbons (Fsp3) is 0.0909. The highest BCUT2D eigenvalue weighted by Gasteiger charge is 2.15. The first-order valence-electron chi connectivity index (χ1n) is 4.71. The van der Waals surface area contributed by atoms with Gasteiger partial charge in [0.05, 0.1) is 0 Å². The summed E-state index contributed by atoms with van der Waals surface area (Å²) in [6.45, 7) is -0.0119. The molecule has 0 aliphatic rings. The van der Waals surface area contributed by atoms with Crippen LogP contribution < -0.4 is 4.74 Å². The van der Waals surface area contributed by atoms with Crippen molar-refractivity contribution in [1.29, 1.82) is 0 Å². The van der Waals surface area contributed by atoms with Crippen LogP contribution in [0.2, 0.25) is 5.02 Å². The minimum absolute atomic E-state index is 0.0119. The van der Waals surface area contributed by atoms with Gasteiger partial charge in [0.1, 0.15) is 12.4 Å². The molecule has 1 heterocycles. The lowest BCUT2D eigenvalue weighted by atomic mass is 10.3. The number of aromatic nitrogens is 1. The molecule has 0 amide bonds. The number of rotatable bonds is 4. The summed E-state index contributed by atoms with van der Waals surface area (Å²) < 4.78 is 10.3. The summed E-state index contributed by atoms with van der Waals surface area (Å²) in [5.41, 5.74) is -0.146. The van der Waals surface area contributed by atoms with Crippen molar-refractivity contribution >= 4 is 17.6 Å². The predicted molar refractivity (Wildman–Crippen MR) is 59.2 cm³/mol. The molecule has 0 aliphatic carbocycles. The Bertz CT molecular complexity index is 538. The third kappa shape index (κ3) is 2.76. The molecule has 17 heavy (non-hydrogen) atoms. The van der Waals surface area contributed by atoms with Crippen LogP contribution in [-0.2, 0) is 6.61 Å². The van der Waals surface area contributed by atoms with Crippen LogP contribution in [0.3, 0.4) is 0 Å². The van der Waals surface area contributed by atoms with Gasteiger partial charge in [-0.15, -0.1) is 0 Å². The second-order valence-corrected chi connectivity index (χ2v) is 3.61. The average Bonchev–Trinajstić information content (AvgIpc) is 2.74. The molecule has 0 fully saturated rings. The third-order valence-corrected chi connectivity index (χ3v) is 2.24. The fourth-order valence-corrected chi connectivity index (χ4v) is 1.43. The molecule has 0 unspecified atom stereocenters. The summed E-state index contributed by atoms with van der Waals surface area (Å²) in [5, 5.41) is 9.34. The minimum Gasteiger partial charge on any atom is -0.486 e. The second kappa shape index (κ2) is 4.88. The number of oxazole rings is 1. The lowest BCUT2D eigenvalue weighted by molar-refractivity contribution is 0.0686. The van der Waals surface area contributed by atoms with Gasteiger partial charge in [-0.1, -0.05) is 17.7 Å². The van der Waals surface area contributed by atoms with Crippen molar-refractivity contribution in [3.8, 4) is 5.75 Å². The summed E-state index contributed by atoms with van der Waals surface area (Å²) in [6.07, 6.45) is 1.07. The van der Waals surface area contributed by atoms with E-state index >= 15 is 0 Å². The van der Waals surface area contributed by atoms with Crippen molar-refractivity contribution in [3.63, 3.8) is 0 Å². The molecule has 0 aliphatic heterocycles. The summed E-state index contributed by atoms with van der Waals surface area (Å²) >= 11 is 5.78. The molecule has 0 bridgehead atoms. The van der Waals surface area contributed by atoms with Crippen LogP contribution in [0.4, 0.5) is 0 Å². The quantitative estimate of drug-likeness (QED) is 0.907. The van der Waals surface area contributed by atoms with Crippen LogP contribution in [0.1, 0.15) is 16.2 Å². The molecule has 0 saturated heterocycles. The van der Waals surface area contributed by atoms with Crippen LogP contribution in [0.5, 0.6) is 5.75 Å². The zero-order valence-electron chi connectivity index (χ0n) is 8.59. The molecule has 0 spiro atoms. The third-order valence-electron chi connectivity index (χ3n) is 2.01. The summed E-state index contributed by atoms with van der Waals surface area (Å²) in [7, 11) is 0. The second-order valence-electron chi connectivity index (χ2n) is 3.18. The van der Waals surface area contributed by atoms with E-state index in [9.17, 15) is 4.79 Å². The molecule has 1 N–H and O–H groups in total. The molecule has 1 aromatic heterocycles. The van der Waals surface area contributed by atoms with E-state index in [4.69, 9.17) is 25.9 Å². The van der Waals surface area contributed by atoms with Crippen LogP contribution in [-0.4, -0.2) is 16.1 Å². The minimum atomic E-state index is -1.15. The van der Waals surface area contributed by atoms with Gasteiger partial charge in [0, 0.05) is 5.02 Å².